The molecule has 4 aromatic rings. The van der Waals surface area contributed by atoms with E-state index in [0.717, 1.165) is 12.1 Å². The number of halogens is 3. The topological polar surface area (TPSA) is 98.5 Å². The molecule has 0 saturated carbocycles. The Labute approximate surface area is 214 Å². The number of anilines is 1. The second-order valence-electron chi connectivity index (χ2n) is 8.00. The van der Waals surface area contributed by atoms with Crippen LogP contribution in [0.15, 0.2) is 89.5 Å². The van der Waals surface area contributed by atoms with Crippen molar-refractivity contribution in [2.45, 2.75) is 6.18 Å². The first-order valence-electron chi connectivity index (χ1n) is 11.1. The third-order valence-electron chi connectivity index (χ3n) is 5.38. The number of nitrogens with one attached hydrogen (secondary N) is 1. The molecule has 10 heteroatoms. The summed E-state index contributed by atoms with van der Waals surface area (Å²) in [5.74, 6) is -1.30. The van der Waals surface area contributed by atoms with Gasteiger partial charge in [-0.3, -0.25) is 9.59 Å². The first-order chi connectivity index (χ1) is 18.1. The fourth-order valence-electron chi connectivity index (χ4n) is 3.43. The monoisotopic (exact) mass is 520 g/mol. The van der Waals surface area contributed by atoms with Gasteiger partial charge in [-0.15, -0.1) is 0 Å². The first-order valence-corrected chi connectivity index (χ1v) is 11.1. The minimum Gasteiger partial charge on any atom is -0.464 e. The number of ether oxygens (including phenoxy) is 1. The van der Waals surface area contributed by atoms with Crippen LogP contribution in [0.25, 0.3) is 17.4 Å². The lowest BCUT2D eigenvalue weighted by atomic mass is 10.1. The lowest BCUT2D eigenvalue weighted by Gasteiger charge is -2.07. The predicted molar refractivity (Wildman–Crippen MR) is 132 cm³/mol. The van der Waals surface area contributed by atoms with E-state index < -0.39 is 29.4 Å². The lowest BCUT2D eigenvalue weighted by Crippen LogP contribution is -2.11. The van der Waals surface area contributed by atoms with Crippen LogP contribution in [0.2, 0.25) is 0 Å². The molecule has 3 aromatic carbocycles. The number of aromatic nitrogens is 1. The number of ketones is 1. The minimum absolute atomic E-state index is 0.0163. The van der Waals surface area contributed by atoms with Gasteiger partial charge in [-0.1, -0.05) is 47.6 Å². The molecule has 0 fully saturated rings. The number of alkyl halides is 3. The highest BCUT2D eigenvalue weighted by Crippen LogP contribution is 2.29. The van der Waals surface area contributed by atoms with Crippen LogP contribution in [-0.2, 0) is 10.9 Å². The quantitative estimate of drug-likeness (QED) is 0.175. The Hall–Kier alpha value is -4.99. The summed E-state index contributed by atoms with van der Waals surface area (Å²) in [7, 11) is 1.23. The van der Waals surface area contributed by atoms with Crippen LogP contribution in [0.3, 0.4) is 0 Å². The molecular formula is C28H19F3N2O5. The Kier molecular flexibility index (Phi) is 7.52. The van der Waals surface area contributed by atoms with Crippen LogP contribution in [0.5, 0.6) is 0 Å². The fourth-order valence-corrected chi connectivity index (χ4v) is 3.43. The second kappa shape index (κ2) is 11.0. The molecule has 0 unspecified atom stereocenters. The van der Waals surface area contributed by atoms with E-state index in [1.54, 1.807) is 48.5 Å². The SMILES string of the molecule is COC(=O)c1cc(-c2cccc(NC(=O)c3ccc(/C=C/C(=O)c4cccc(C(F)(F)F)c4)cc3)c2)on1. The number of carbonyl (C=O) groups excluding carboxylic acids is 3. The summed E-state index contributed by atoms with van der Waals surface area (Å²) in [5, 5.41) is 6.42. The zero-order valence-corrected chi connectivity index (χ0v) is 19.8. The summed E-state index contributed by atoms with van der Waals surface area (Å²) in [4.78, 5) is 36.6. The molecule has 0 aliphatic rings. The van der Waals surface area contributed by atoms with E-state index in [-0.39, 0.29) is 11.3 Å². The molecule has 1 heterocycles. The maximum atomic E-state index is 12.9. The number of amides is 1. The smallest absolute Gasteiger partial charge is 0.416 e. The van der Waals surface area contributed by atoms with Gasteiger partial charge in [-0.05, 0) is 48.0 Å². The van der Waals surface area contributed by atoms with Gasteiger partial charge in [0.05, 0.1) is 12.7 Å². The number of hydrogen-bond acceptors (Lipinski definition) is 6. The van der Waals surface area contributed by atoms with Gasteiger partial charge >= 0.3 is 12.1 Å². The number of methoxy groups -OCH3 is 1. The van der Waals surface area contributed by atoms with E-state index in [9.17, 15) is 27.6 Å². The van der Waals surface area contributed by atoms with Crippen LogP contribution in [0.4, 0.5) is 18.9 Å². The fraction of sp³-hybridized carbons (Fsp3) is 0.0714. The highest BCUT2D eigenvalue weighted by atomic mass is 19.4. The average molecular weight is 520 g/mol. The molecule has 1 aromatic heterocycles. The summed E-state index contributed by atoms with van der Waals surface area (Å²) < 4.78 is 48.4. The van der Waals surface area contributed by atoms with Gasteiger partial charge in [0.2, 0.25) is 0 Å². The van der Waals surface area contributed by atoms with E-state index in [4.69, 9.17) is 4.52 Å². The maximum absolute atomic E-state index is 12.9. The van der Waals surface area contributed by atoms with Crippen molar-refractivity contribution in [3.63, 3.8) is 0 Å². The van der Waals surface area contributed by atoms with Crippen molar-refractivity contribution in [2.75, 3.05) is 12.4 Å². The molecule has 192 valence electrons. The van der Waals surface area contributed by atoms with E-state index in [2.05, 4.69) is 15.2 Å². The van der Waals surface area contributed by atoms with Crippen LogP contribution < -0.4 is 5.32 Å². The third-order valence-corrected chi connectivity index (χ3v) is 5.38. The molecule has 0 saturated heterocycles. The van der Waals surface area contributed by atoms with Gasteiger partial charge < -0.3 is 14.6 Å². The number of hydrogen-bond donors (Lipinski definition) is 1. The normalized spacial score (nSPS) is 11.4. The number of rotatable bonds is 7. The highest BCUT2D eigenvalue weighted by molar-refractivity contribution is 6.07. The van der Waals surface area contributed by atoms with Crippen LogP contribution >= 0.6 is 0 Å². The number of allylic oxidation sites excluding steroid dienone is 1. The van der Waals surface area contributed by atoms with Crippen LogP contribution in [0.1, 0.15) is 42.3 Å². The number of esters is 1. The zero-order chi connectivity index (χ0) is 27.3. The highest BCUT2D eigenvalue weighted by Gasteiger charge is 2.30. The molecule has 1 N–H and O–H groups in total. The Morgan fingerprint density at radius 1 is 0.921 bits per heavy atom. The van der Waals surface area contributed by atoms with Gasteiger partial charge in [-0.25, -0.2) is 4.79 Å². The van der Waals surface area contributed by atoms with E-state index >= 15 is 0 Å². The Balaban J connectivity index is 1.41. The van der Waals surface area contributed by atoms with E-state index in [1.807, 2.05) is 0 Å². The molecule has 7 nitrogen and oxygen atoms in total. The summed E-state index contributed by atoms with van der Waals surface area (Å²) in [6.45, 7) is 0. The predicted octanol–water partition coefficient (Wildman–Crippen LogP) is 6.30. The van der Waals surface area contributed by atoms with Crippen LogP contribution in [0, 0.1) is 0 Å². The summed E-state index contributed by atoms with van der Waals surface area (Å²) in [5.41, 5.74) is 1.00. The molecule has 0 atom stereocenters. The van der Waals surface area contributed by atoms with Gasteiger partial charge in [-0.2, -0.15) is 13.2 Å². The maximum Gasteiger partial charge on any atom is 0.416 e. The largest absolute Gasteiger partial charge is 0.464 e. The van der Waals surface area contributed by atoms with Crippen molar-refractivity contribution < 1.29 is 36.8 Å². The minimum atomic E-state index is -4.54. The molecule has 0 aliphatic heterocycles. The van der Waals surface area contributed by atoms with Gasteiger partial charge in [0, 0.05) is 28.4 Å². The summed E-state index contributed by atoms with van der Waals surface area (Å²) in [6.07, 6.45) is -1.92. The van der Waals surface area contributed by atoms with Gasteiger partial charge in [0.1, 0.15) is 0 Å². The molecule has 1 amide bonds. The number of benzene rings is 3. The standard InChI is InChI=1S/C28H19F3N2O5/c1-37-27(36)23-16-25(38-33-23)20-5-3-7-22(15-20)32-26(35)18-11-8-17(9-12-18)10-13-24(34)19-4-2-6-21(14-19)28(29,30)31/h2-16H,1H3,(H,32,35)/b13-10+. The molecule has 0 spiro atoms. The van der Waals surface area contributed by atoms with Crippen molar-refractivity contribution in [2.24, 2.45) is 0 Å². The molecular weight excluding hydrogens is 501 g/mol. The number of nitrogens with zero attached hydrogens (tertiary/aromatic N) is 1. The molecule has 0 bridgehead atoms. The van der Waals surface area contributed by atoms with Crippen molar-refractivity contribution in [1.29, 1.82) is 0 Å². The van der Waals surface area contributed by atoms with Crippen molar-refractivity contribution in [3.05, 3.63) is 113 Å². The van der Waals surface area contributed by atoms with Crippen molar-refractivity contribution in [1.82, 2.24) is 5.16 Å². The summed E-state index contributed by atoms with van der Waals surface area (Å²) >= 11 is 0. The zero-order valence-electron chi connectivity index (χ0n) is 19.8. The average Bonchev–Trinajstić information content (AvgIpc) is 3.42. The van der Waals surface area contributed by atoms with Crippen molar-refractivity contribution in [3.8, 4) is 11.3 Å². The van der Waals surface area contributed by atoms with Crippen LogP contribution in [-0.4, -0.2) is 29.9 Å². The van der Waals surface area contributed by atoms with Crippen molar-refractivity contribution >= 4 is 29.4 Å². The van der Waals surface area contributed by atoms with E-state index in [0.29, 0.717) is 28.1 Å². The Bertz CT molecular complexity index is 1520. The Morgan fingerprint density at radius 2 is 1.66 bits per heavy atom. The lowest BCUT2D eigenvalue weighted by molar-refractivity contribution is -0.137. The molecule has 38 heavy (non-hydrogen) atoms. The molecule has 0 radical (unpaired) electrons. The second-order valence-corrected chi connectivity index (χ2v) is 8.00. The Morgan fingerprint density at radius 3 is 2.37 bits per heavy atom. The van der Waals surface area contributed by atoms with E-state index in [1.165, 1.54) is 37.5 Å². The van der Waals surface area contributed by atoms with Gasteiger partial charge in [0.15, 0.2) is 17.2 Å². The third kappa shape index (κ3) is 6.22. The first kappa shape index (κ1) is 26.1. The summed E-state index contributed by atoms with van der Waals surface area (Å²) in [6, 6.07) is 18.7. The molecule has 0 aliphatic carbocycles. The number of carbonyl (C=O) groups is 3. The van der Waals surface area contributed by atoms with Gasteiger partial charge in [0.25, 0.3) is 5.91 Å². The molecule has 4 rings (SSSR count).